The predicted octanol–water partition coefficient (Wildman–Crippen LogP) is 4.75. The van der Waals surface area contributed by atoms with Gasteiger partial charge < -0.3 is 0 Å². The summed E-state index contributed by atoms with van der Waals surface area (Å²) in [5.41, 5.74) is 0. The summed E-state index contributed by atoms with van der Waals surface area (Å²) in [6, 6.07) is 1.92. The molecule has 0 aliphatic rings. The Balaban J connectivity index is 3.41. The van der Waals surface area contributed by atoms with Crippen LogP contribution in [0.15, 0.2) is 29.2 Å². The molecule has 0 amide bonds. The van der Waals surface area contributed by atoms with Crippen LogP contribution in [0.1, 0.15) is 0 Å². The molecule has 1 aromatic carbocycles. The average molecular weight is 239 g/mol. The second kappa shape index (κ2) is 2.12. The fraction of sp³-hybridized carbons (Fsp3) is 0. The van der Waals surface area contributed by atoms with Crippen LogP contribution in [0.4, 0.5) is 19.9 Å². The van der Waals surface area contributed by atoms with Crippen LogP contribution >= 0.6 is 19.7 Å². The molecular weight excluding hydrogens is 235 g/mol. The van der Waals surface area contributed by atoms with E-state index in [1.54, 1.807) is 0 Å². The summed E-state index contributed by atoms with van der Waals surface area (Å²) in [5.74, 6) is -1.19. The van der Waals surface area contributed by atoms with Gasteiger partial charge >= 0.3 is 0 Å². The van der Waals surface area contributed by atoms with Crippen LogP contribution in [0.5, 0.6) is 0 Å². The zero-order valence-corrected chi connectivity index (χ0v) is 7.56. The largest absolute Gasteiger partial charge is 0.253 e. The van der Waals surface area contributed by atoms with Crippen molar-refractivity contribution in [2.75, 3.05) is 0 Å². The molecule has 0 aromatic heterocycles. The van der Waals surface area contributed by atoms with Gasteiger partial charge in [0.1, 0.15) is 5.82 Å². The molecule has 76 valence electrons. The Hall–Kier alpha value is -0.490. The summed E-state index contributed by atoms with van der Waals surface area (Å²) < 4.78 is 61.9. The second-order valence-corrected chi connectivity index (χ2v) is 6.70. The van der Waals surface area contributed by atoms with Crippen LogP contribution in [0.3, 0.4) is 0 Å². The molecule has 0 N–H and O–H groups in total. The molecule has 0 atom stereocenters. The Morgan fingerprint density at radius 1 is 1.08 bits per heavy atom. The van der Waals surface area contributed by atoms with E-state index < -0.39 is 19.8 Å². The van der Waals surface area contributed by atoms with Gasteiger partial charge in [0.2, 0.25) is 0 Å². The highest BCUT2D eigenvalue weighted by Crippen LogP contribution is 3.04. The minimum absolute atomic E-state index is 0.0224. The normalized spacial score (nSPS) is 17.7. The van der Waals surface area contributed by atoms with E-state index in [0.29, 0.717) is 6.07 Å². The molecule has 0 aliphatic carbocycles. The molecule has 0 nitrogen and oxygen atoms in total. The molecule has 0 unspecified atom stereocenters. The van der Waals surface area contributed by atoms with Crippen molar-refractivity contribution in [3.8, 4) is 0 Å². The maximum Gasteiger partial charge on any atom is 0.253 e. The fourth-order valence-electron chi connectivity index (χ4n) is 0.707. The van der Waals surface area contributed by atoms with Gasteiger partial charge in [-0.25, -0.2) is 4.39 Å². The Bertz CT molecular complexity index is 342. The standard InChI is InChI=1S/C6H4ClF5S/c7-13(9,10,11,12)6-3-1-2-5(8)4-6/h1-4H. The molecule has 0 bridgehead atoms. The van der Waals surface area contributed by atoms with Crippen LogP contribution in [-0.2, 0) is 0 Å². The van der Waals surface area contributed by atoms with Gasteiger partial charge in [0.25, 0.3) is 9.05 Å². The number of halogens is 6. The van der Waals surface area contributed by atoms with Crippen molar-refractivity contribution in [3.05, 3.63) is 30.1 Å². The summed E-state index contributed by atoms with van der Waals surface area (Å²) in [6.07, 6.45) is 0. The lowest BCUT2D eigenvalue weighted by molar-refractivity contribution is 0.477. The minimum Gasteiger partial charge on any atom is -0.207 e. The lowest BCUT2D eigenvalue weighted by Crippen LogP contribution is -2.04. The summed E-state index contributed by atoms with van der Waals surface area (Å²) in [5, 5.41) is 0. The van der Waals surface area contributed by atoms with Crippen molar-refractivity contribution >= 4 is 19.7 Å². The SMILES string of the molecule is Fc1cccc(S(F)(F)(F)(F)Cl)c1. The second-order valence-electron chi connectivity index (χ2n) is 2.43. The van der Waals surface area contributed by atoms with Crippen LogP contribution < -0.4 is 0 Å². The van der Waals surface area contributed by atoms with E-state index in [4.69, 9.17) is 0 Å². The van der Waals surface area contributed by atoms with Crippen molar-refractivity contribution in [2.24, 2.45) is 0 Å². The molecule has 0 aliphatic heterocycles. The molecule has 0 fully saturated rings. The highest BCUT2D eigenvalue weighted by atomic mass is 35.7. The summed E-state index contributed by atoms with van der Waals surface area (Å²) in [7, 11) is -4.80. The quantitative estimate of drug-likeness (QED) is 0.619. The van der Waals surface area contributed by atoms with Crippen molar-refractivity contribution in [1.82, 2.24) is 0 Å². The third-order valence-electron chi connectivity index (χ3n) is 1.24. The van der Waals surface area contributed by atoms with E-state index in [9.17, 15) is 19.9 Å². The molecule has 0 radical (unpaired) electrons. The van der Waals surface area contributed by atoms with Gasteiger partial charge in [-0.1, -0.05) is 6.07 Å². The lowest BCUT2D eigenvalue weighted by Gasteiger charge is -2.42. The maximum absolute atomic E-state index is 12.4. The third kappa shape index (κ3) is 2.73. The number of rotatable bonds is 1. The summed E-state index contributed by atoms with van der Waals surface area (Å²) >= 11 is 0. The van der Waals surface area contributed by atoms with Crippen LogP contribution in [0.25, 0.3) is 0 Å². The van der Waals surface area contributed by atoms with Crippen molar-refractivity contribution < 1.29 is 19.9 Å². The minimum atomic E-state index is -8.73. The molecule has 7 heteroatoms. The van der Waals surface area contributed by atoms with Gasteiger partial charge in [-0.3, -0.25) is 0 Å². The smallest absolute Gasteiger partial charge is 0.207 e. The molecule has 0 saturated carbocycles. The topological polar surface area (TPSA) is 0 Å². The lowest BCUT2D eigenvalue weighted by atomic mass is 10.4. The van der Waals surface area contributed by atoms with Gasteiger partial charge in [-0.05, 0) is 18.2 Å². The first-order valence-corrected chi connectivity index (χ1v) is 5.86. The first-order valence-electron chi connectivity index (χ1n) is 2.99. The van der Waals surface area contributed by atoms with Crippen LogP contribution in [-0.4, -0.2) is 0 Å². The highest BCUT2D eigenvalue weighted by molar-refractivity contribution is 8.65. The van der Waals surface area contributed by atoms with Crippen molar-refractivity contribution in [1.29, 1.82) is 0 Å². The van der Waals surface area contributed by atoms with E-state index >= 15 is 0 Å². The molecule has 1 rings (SSSR count). The number of hydrogen-bond acceptors (Lipinski definition) is 0. The highest BCUT2D eigenvalue weighted by Gasteiger charge is 2.63. The molecule has 0 spiro atoms. The van der Waals surface area contributed by atoms with E-state index in [-0.39, 0.29) is 6.07 Å². The number of benzene rings is 1. The fourth-order valence-corrected chi connectivity index (χ4v) is 1.67. The van der Waals surface area contributed by atoms with E-state index in [1.165, 1.54) is 0 Å². The van der Waals surface area contributed by atoms with E-state index in [1.807, 2.05) is 0 Å². The van der Waals surface area contributed by atoms with Gasteiger partial charge in [0.05, 0.1) is 4.90 Å². The third-order valence-corrected chi connectivity index (χ3v) is 2.92. The molecule has 0 saturated heterocycles. The van der Waals surface area contributed by atoms with Crippen LogP contribution in [0, 0.1) is 5.82 Å². The molecular formula is C6H4ClF5S. The first kappa shape index (κ1) is 10.6. The van der Waals surface area contributed by atoms with Gasteiger partial charge in [0, 0.05) is 10.7 Å². The Morgan fingerprint density at radius 3 is 1.92 bits per heavy atom. The van der Waals surface area contributed by atoms with E-state index in [0.717, 1.165) is 12.1 Å². The summed E-state index contributed by atoms with van der Waals surface area (Å²) in [4.78, 5) is -1.78. The van der Waals surface area contributed by atoms with Gasteiger partial charge in [-0.15, -0.1) is 15.5 Å². The maximum atomic E-state index is 12.4. The zero-order valence-electron chi connectivity index (χ0n) is 5.99. The van der Waals surface area contributed by atoms with Gasteiger partial charge in [0.15, 0.2) is 0 Å². The zero-order chi connectivity index (χ0) is 10.4. The Kier molecular flexibility index (Phi) is 1.72. The summed E-state index contributed by atoms with van der Waals surface area (Å²) in [6.45, 7) is 0. The Morgan fingerprint density at radius 2 is 1.62 bits per heavy atom. The van der Waals surface area contributed by atoms with Gasteiger partial charge in [-0.2, -0.15) is 0 Å². The number of hydrogen-bond donors (Lipinski definition) is 0. The molecule has 13 heavy (non-hydrogen) atoms. The average Bonchev–Trinajstić information content (AvgIpc) is 1.82. The van der Waals surface area contributed by atoms with E-state index in [2.05, 4.69) is 10.7 Å². The predicted molar refractivity (Wildman–Crippen MR) is 42.5 cm³/mol. The van der Waals surface area contributed by atoms with Crippen LogP contribution in [0.2, 0.25) is 0 Å². The van der Waals surface area contributed by atoms with Crippen molar-refractivity contribution in [3.63, 3.8) is 0 Å². The molecule has 0 heterocycles. The first-order chi connectivity index (χ1) is 5.49. The Labute approximate surface area is 75.2 Å². The monoisotopic (exact) mass is 238 g/mol. The molecule has 1 aromatic rings. The van der Waals surface area contributed by atoms with Crippen molar-refractivity contribution in [2.45, 2.75) is 4.90 Å².